The summed E-state index contributed by atoms with van der Waals surface area (Å²) in [5.74, 6) is 0. The van der Waals surface area contributed by atoms with Crippen LogP contribution in [0.2, 0.25) is 0 Å². The fraction of sp³-hybridized carbons (Fsp3) is 0.750. The van der Waals surface area contributed by atoms with Gasteiger partial charge in [-0.25, -0.2) is 8.42 Å². The predicted molar refractivity (Wildman–Crippen MR) is 57.8 cm³/mol. The molecule has 1 saturated heterocycles. The van der Waals surface area contributed by atoms with Gasteiger partial charge in [0, 0.05) is 48.8 Å². The molecule has 1 heterocycles. The Hall–Kier alpha value is -0.100. The van der Waals surface area contributed by atoms with Gasteiger partial charge in [-0.1, -0.05) is 6.08 Å². The van der Waals surface area contributed by atoms with Crippen LogP contribution in [0.5, 0.6) is 0 Å². The average Bonchev–Trinajstić information content (AvgIpc) is 2.06. The lowest BCUT2D eigenvalue weighted by molar-refractivity contribution is 0.166. The van der Waals surface area contributed by atoms with Crippen LogP contribution in [0.3, 0.4) is 0 Å². The van der Waals surface area contributed by atoms with Crippen LogP contribution in [-0.4, -0.2) is 58.0 Å². The zero-order valence-corrected chi connectivity index (χ0v) is 9.76. The van der Waals surface area contributed by atoms with Gasteiger partial charge >= 0.3 is 0 Å². The maximum Gasteiger partial charge on any atom is 0.254 e. The largest absolute Gasteiger partial charge is 0.304 e. The van der Waals surface area contributed by atoms with Gasteiger partial charge in [-0.3, -0.25) is 4.90 Å². The molecular formula is C8H15ClN2O2S. The van der Waals surface area contributed by atoms with Gasteiger partial charge in [0.05, 0.1) is 0 Å². The Morgan fingerprint density at radius 3 is 2.36 bits per heavy atom. The van der Waals surface area contributed by atoms with E-state index < -0.39 is 9.05 Å². The van der Waals surface area contributed by atoms with Crippen molar-refractivity contribution >= 4 is 19.7 Å². The van der Waals surface area contributed by atoms with E-state index in [9.17, 15) is 8.42 Å². The quantitative estimate of drug-likeness (QED) is 0.664. The maximum absolute atomic E-state index is 10.6. The number of hydrogen-bond donors (Lipinski definition) is 0. The molecule has 0 aliphatic carbocycles. The predicted octanol–water partition coefficient (Wildman–Crippen LogP) is 0.316. The number of likely N-dealkylation sites (N-methyl/N-ethyl adjacent to an activating group) is 1. The number of halogens is 1. The highest BCUT2D eigenvalue weighted by Gasteiger charge is 2.11. The molecule has 0 unspecified atom stereocenters. The molecule has 1 aliphatic rings. The minimum Gasteiger partial charge on any atom is -0.304 e. The van der Waals surface area contributed by atoms with Gasteiger partial charge in [-0.15, -0.1) is 0 Å². The van der Waals surface area contributed by atoms with E-state index in [0.29, 0.717) is 6.54 Å². The lowest BCUT2D eigenvalue weighted by atomic mass is 10.3. The smallest absolute Gasteiger partial charge is 0.254 e. The fourth-order valence-electron chi connectivity index (χ4n) is 1.34. The lowest BCUT2D eigenvalue weighted by Gasteiger charge is -2.31. The van der Waals surface area contributed by atoms with Crippen LogP contribution in [-0.2, 0) is 9.05 Å². The van der Waals surface area contributed by atoms with E-state index in [-0.39, 0.29) is 0 Å². The maximum atomic E-state index is 10.6. The summed E-state index contributed by atoms with van der Waals surface area (Å²) in [6.07, 6.45) is 1.59. The Kier molecular flexibility index (Phi) is 4.37. The first-order chi connectivity index (χ1) is 6.47. The minimum absolute atomic E-state index is 0.653. The van der Waals surface area contributed by atoms with Crippen LogP contribution in [0.1, 0.15) is 0 Å². The van der Waals surface area contributed by atoms with Gasteiger partial charge in [0.2, 0.25) is 0 Å². The van der Waals surface area contributed by atoms with Crippen LogP contribution in [0, 0.1) is 0 Å². The summed E-state index contributed by atoms with van der Waals surface area (Å²) in [7, 11) is 3.63. The van der Waals surface area contributed by atoms with Crippen LogP contribution in [0.25, 0.3) is 0 Å². The van der Waals surface area contributed by atoms with E-state index in [0.717, 1.165) is 31.6 Å². The number of nitrogens with zero attached hydrogens (tertiary/aromatic N) is 2. The molecule has 0 amide bonds. The van der Waals surface area contributed by atoms with Crippen molar-refractivity contribution in [3.8, 4) is 0 Å². The normalized spacial score (nSPS) is 21.9. The Bertz CT molecular complexity index is 294. The van der Waals surface area contributed by atoms with E-state index in [1.807, 2.05) is 0 Å². The highest BCUT2D eigenvalue weighted by atomic mass is 35.7. The first kappa shape index (κ1) is 12.0. The summed E-state index contributed by atoms with van der Waals surface area (Å²) in [6, 6.07) is 0. The highest BCUT2D eigenvalue weighted by Crippen LogP contribution is 2.01. The van der Waals surface area contributed by atoms with Gasteiger partial charge in [0.15, 0.2) is 0 Å². The first-order valence-electron chi connectivity index (χ1n) is 4.49. The van der Waals surface area contributed by atoms with E-state index in [4.69, 9.17) is 10.7 Å². The van der Waals surface area contributed by atoms with Gasteiger partial charge < -0.3 is 4.90 Å². The van der Waals surface area contributed by atoms with Crippen molar-refractivity contribution in [1.29, 1.82) is 0 Å². The number of piperazine rings is 1. The van der Waals surface area contributed by atoms with Crippen molar-refractivity contribution in [2.45, 2.75) is 0 Å². The molecule has 0 saturated carbocycles. The zero-order chi connectivity index (χ0) is 10.6. The summed E-state index contributed by atoms with van der Waals surface area (Å²) in [4.78, 5) is 4.44. The lowest BCUT2D eigenvalue weighted by Crippen LogP contribution is -2.44. The molecule has 1 fully saturated rings. The van der Waals surface area contributed by atoms with Crippen LogP contribution in [0.15, 0.2) is 11.5 Å². The fourth-order valence-corrected chi connectivity index (χ4v) is 1.87. The highest BCUT2D eigenvalue weighted by molar-refractivity contribution is 8.16. The van der Waals surface area contributed by atoms with Gasteiger partial charge in [-0.2, -0.15) is 0 Å². The Morgan fingerprint density at radius 2 is 1.86 bits per heavy atom. The molecule has 82 valence electrons. The van der Waals surface area contributed by atoms with Crippen molar-refractivity contribution in [3.63, 3.8) is 0 Å². The summed E-state index contributed by atoms with van der Waals surface area (Å²) in [5.41, 5.74) is 0. The van der Waals surface area contributed by atoms with E-state index >= 15 is 0 Å². The second kappa shape index (κ2) is 5.11. The topological polar surface area (TPSA) is 40.6 Å². The van der Waals surface area contributed by atoms with E-state index in [1.165, 1.54) is 0 Å². The van der Waals surface area contributed by atoms with Gasteiger partial charge in [0.25, 0.3) is 9.05 Å². The molecule has 0 N–H and O–H groups in total. The Labute approximate surface area is 89.6 Å². The standard InChI is InChI=1S/C8H15ClN2O2S/c1-10-4-6-11(7-5-10)3-2-8-14(9,12)13/h2,8H,3-7H2,1H3/b8-2-. The molecule has 14 heavy (non-hydrogen) atoms. The second-order valence-corrected chi connectivity index (χ2v) is 5.96. The third-order valence-corrected chi connectivity index (χ3v) is 3.04. The van der Waals surface area contributed by atoms with Crippen molar-refractivity contribution in [1.82, 2.24) is 9.80 Å². The van der Waals surface area contributed by atoms with Crippen molar-refractivity contribution < 1.29 is 8.42 Å². The summed E-state index contributed by atoms with van der Waals surface area (Å²) in [6.45, 7) is 4.66. The summed E-state index contributed by atoms with van der Waals surface area (Å²) >= 11 is 0. The molecule has 0 bridgehead atoms. The van der Waals surface area contributed by atoms with Gasteiger partial charge in [0.1, 0.15) is 0 Å². The average molecular weight is 239 g/mol. The minimum atomic E-state index is -3.48. The molecule has 1 aliphatic heterocycles. The zero-order valence-electron chi connectivity index (χ0n) is 8.19. The number of rotatable bonds is 3. The molecule has 4 nitrogen and oxygen atoms in total. The molecule has 0 aromatic rings. The van der Waals surface area contributed by atoms with E-state index in [2.05, 4.69) is 16.8 Å². The monoisotopic (exact) mass is 238 g/mol. The molecule has 6 heteroatoms. The van der Waals surface area contributed by atoms with E-state index in [1.54, 1.807) is 6.08 Å². The molecule has 0 atom stereocenters. The van der Waals surface area contributed by atoms with Crippen LogP contribution in [0.4, 0.5) is 0 Å². The molecule has 1 rings (SSSR count). The first-order valence-corrected chi connectivity index (χ1v) is 6.87. The third kappa shape index (κ3) is 4.95. The van der Waals surface area contributed by atoms with Crippen molar-refractivity contribution in [2.75, 3.05) is 39.8 Å². The Balaban J connectivity index is 2.29. The SMILES string of the molecule is CN1CCN(C/C=C\S(=O)(=O)Cl)CC1. The molecule has 0 aromatic carbocycles. The number of hydrogen-bond acceptors (Lipinski definition) is 4. The third-order valence-electron chi connectivity index (χ3n) is 2.22. The second-order valence-electron chi connectivity index (χ2n) is 3.45. The molecular weight excluding hydrogens is 224 g/mol. The van der Waals surface area contributed by atoms with Crippen LogP contribution < -0.4 is 0 Å². The van der Waals surface area contributed by atoms with Crippen molar-refractivity contribution in [2.24, 2.45) is 0 Å². The van der Waals surface area contributed by atoms with Gasteiger partial charge in [-0.05, 0) is 7.05 Å². The van der Waals surface area contributed by atoms with Crippen molar-refractivity contribution in [3.05, 3.63) is 11.5 Å². The Morgan fingerprint density at radius 1 is 1.29 bits per heavy atom. The molecule has 0 radical (unpaired) electrons. The summed E-state index contributed by atoms with van der Waals surface area (Å²) < 4.78 is 21.2. The summed E-state index contributed by atoms with van der Waals surface area (Å²) in [5, 5.41) is 1.05. The van der Waals surface area contributed by atoms with Crippen LogP contribution >= 0.6 is 10.7 Å². The molecule has 0 aromatic heterocycles. The molecule has 0 spiro atoms.